The van der Waals surface area contributed by atoms with Crippen molar-refractivity contribution in [1.82, 2.24) is 4.57 Å². The Hall–Kier alpha value is -5.09. The maximum Gasteiger partial charge on any atom is 0.337 e. The average Bonchev–Trinajstić information content (AvgIpc) is 2.99. The standard InChI is InChI=1S/C32H27ClN2O8/c1-19(36)25-13-10-23(33)16-26(25)27-17-31(38)34(18-30(27)42-2)28(14-20-6-11-24(12-7-20)35(40)41)29(37)15-21-4-8-22(9-5-21)32(39)43-3/h4-13,16-18,28H,14-15H2,1-3H3. The molecule has 0 radical (unpaired) electrons. The molecule has 1 atom stereocenters. The predicted molar refractivity (Wildman–Crippen MR) is 160 cm³/mol. The van der Waals surface area contributed by atoms with E-state index in [0.29, 0.717) is 38.4 Å². The lowest BCUT2D eigenvalue weighted by molar-refractivity contribution is -0.384. The number of carbonyl (C=O) groups is 3. The number of rotatable bonds is 11. The number of pyridine rings is 1. The van der Waals surface area contributed by atoms with Gasteiger partial charge in [-0.2, -0.15) is 0 Å². The largest absolute Gasteiger partial charge is 0.495 e. The van der Waals surface area contributed by atoms with E-state index in [4.69, 9.17) is 21.1 Å². The van der Waals surface area contributed by atoms with Gasteiger partial charge >= 0.3 is 5.97 Å². The van der Waals surface area contributed by atoms with E-state index < -0.39 is 22.5 Å². The van der Waals surface area contributed by atoms with Crippen LogP contribution in [0.5, 0.6) is 5.75 Å². The van der Waals surface area contributed by atoms with Gasteiger partial charge in [-0.1, -0.05) is 35.9 Å². The van der Waals surface area contributed by atoms with Crippen LogP contribution < -0.4 is 10.3 Å². The Morgan fingerprint density at radius 3 is 2.16 bits per heavy atom. The van der Waals surface area contributed by atoms with Crippen molar-refractivity contribution in [2.45, 2.75) is 25.8 Å². The van der Waals surface area contributed by atoms with Crippen LogP contribution in [0.15, 0.2) is 83.8 Å². The summed E-state index contributed by atoms with van der Waals surface area (Å²) in [7, 11) is 2.68. The molecule has 0 aliphatic carbocycles. The molecule has 0 spiro atoms. The van der Waals surface area contributed by atoms with E-state index in [0.717, 1.165) is 0 Å². The second kappa shape index (κ2) is 13.3. The number of halogens is 1. The fraction of sp³-hybridized carbons (Fsp3) is 0.188. The van der Waals surface area contributed by atoms with Gasteiger partial charge in [0.2, 0.25) is 0 Å². The maximum atomic E-state index is 13.8. The Bertz CT molecular complexity index is 1760. The molecular weight excluding hydrogens is 576 g/mol. The van der Waals surface area contributed by atoms with Crippen molar-refractivity contribution in [2.24, 2.45) is 0 Å². The number of esters is 1. The zero-order valence-electron chi connectivity index (χ0n) is 23.5. The molecule has 11 heteroatoms. The van der Waals surface area contributed by atoms with Crippen LogP contribution in [0.1, 0.15) is 44.8 Å². The minimum atomic E-state index is -1.02. The molecule has 1 unspecified atom stereocenters. The molecule has 0 amide bonds. The third kappa shape index (κ3) is 7.04. The molecule has 4 rings (SSSR count). The van der Waals surface area contributed by atoms with Crippen LogP contribution in [-0.2, 0) is 22.4 Å². The highest BCUT2D eigenvalue weighted by molar-refractivity contribution is 6.31. The van der Waals surface area contributed by atoms with Crippen molar-refractivity contribution in [3.8, 4) is 16.9 Å². The second-order valence-corrected chi connectivity index (χ2v) is 10.2. The number of ether oxygens (including phenoxy) is 2. The topological polar surface area (TPSA) is 135 Å². The van der Waals surface area contributed by atoms with E-state index >= 15 is 0 Å². The summed E-state index contributed by atoms with van der Waals surface area (Å²) in [6.45, 7) is 1.40. The first kappa shape index (κ1) is 30.9. The highest BCUT2D eigenvalue weighted by Gasteiger charge is 2.25. The van der Waals surface area contributed by atoms with Crippen molar-refractivity contribution in [1.29, 1.82) is 0 Å². The van der Waals surface area contributed by atoms with Gasteiger partial charge in [-0.3, -0.25) is 24.5 Å². The van der Waals surface area contributed by atoms with Crippen molar-refractivity contribution >= 4 is 34.8 Å². The van der Waals surface area contributed by atoms with E-state index in [1.54, 1.807) is 42.5 Å². The monoisotopic (exact) mass is 602 g/mol. The third-order valence-corrected chi connectivity index (χ3v) is 7.19. The number of nitrogens with zero attached hydrogens (tertiary/aromatic N) is 2. The van der Waals surface area contributed by atoms with Gasteiger partial charge < -0.3 is 14.0 Å². The molecule has 3 aromatic carbocycles. The zero-order valence-corrected chi connectivity index (χ0v) is 24.3. The van der Waals surface area contributed by atoms with Crippen LogP contribution >= 0.6 is 11.6 Å². The Balaban J connectivity index is 1.79. The summed E-state index contributed by atoms with van der Waals surface area (Å²) in [5.74, 6) is -0.843. The van der Waals surface area contributed by atoms with Gasteiger partial charge in [-0.05, 0) is 53.9 Å². The summed E-state index contributed by atoms with van der Waals surface area (Å²) < 4.78 is 11.6. The molecule has 0 saturated carbocycles. The number of benzene rings is 3. The Labute approximate surface area is 251 Å². The van der Waals surface area contributed by atoms with Crippen LogP contribution in [0.4, 0.5) is 5.69 Å². The maximum absolute atomic E-state index is 13.8. The van der Waals surface area contributed by atoms with Gasteiger partial charge in [-0.15, -0.1) is 0 Å². The number of Topliss-reactive ketones (excluding diaryl/α,β-unsaturated/α-hetero) is 2. The molecule has 0 saturated heterocycles. The molecule has 1 aromatic heterocycles. The quantitative estimate of drug-likeness (QED) is 0.0927. The number of nitro benzene ring substituents is 1. The minimum Gasteiger partial charge on any atom is -0.495 e. The molecular formula is C32H27ClN2O8. The van der Waals surface area contributed by atoms with E-state index in [1.807, 2.05) is 0 Å². The smallest absolute Gasteiger partial charge is 0.337 e. The average molecular weight is 603 g/mol. The Kier molecular flexibility index (Phi) is 9.52. The van der Waals surface area contributed by atoms with Gasteiger partial charge in [0, 0.05) is 47.2 Å². The summed E-state index contributed by atoms with van der Waals surface area (Å²) >= 11 is 6.22. The highest BCUT2D eigenvalue weighted by atomic mass is 35.5. The molecule has 1 heterocycles. The highest BCUT2D eigenvalue weighted by Crippen LogP contribution is 2.34. The van der Waals surface area contributed by atoms with Crippen LogP contribution in [0, 0.1) is 10.1 Å². The van der Waals surface area contributed by atoms with Gasteiger partial charge in [-0.25, -0.2) is 4.79 Å². The van der Waals surface area contributed by atoms with Gasteiger partial charge in [0.05, 0.1) is 36.9 Å². The van der Waals surface area contributed by atoms with Crippen LogP contribution in [0.25, 0.3) is 11.1 Å². The fourth-order valence-corrected chi connectivity index (χ4v) is 4.90. The summed E-state index contributed by atoms with van der Waals surface area (Å²) in [6.07, 6.45) is 1.39. The molecule has 0 aliphatic heterocycles. The van der Waals surface area contributed by atoms with E-state index in [-0.39, 0.29) is 35.8 Å². The number of non-ortho nitro benzene ring substituents is 1. The van der Waals surface area contributed by atoms with Crippen LogP contribution in [0.3, 0.4) is 0 Å². The van der Waals surface area contributed by atoms with Crippen molar-refractivity contribution in [2.75, 3.05) is 14.2 Å². The van der Waals surface area contributed by atoms with Gasteiger partial charge in [0.25, 0.3) is 11.2 Å². The number of carbonyl (C=O) groups excluding carboxylic acids is 3. The van der Waals surface area contributed by atoms with E-state index in [9.17, 15) is 29.3 Å². The number of ketones is 2. The lowest BCUT2D eigenvalue weighted by Gasteiger charge is -2.21. The number of hydrogen-bond acceptors (Lipinski definition) is 8. The minimum absolute atomic E-state index is 0.0509. The zero-order chi connectivity index (χ0) is 31.3. The normalized spacial score (nSPS) is 11.4. The molecule has 0 bridgehead atoms. The molecule has 0 fully saturated rings. The van der Waals surface area contributed by atoms with E-state index in [1.165, 1.54) is 62.2 Å². The predicted octanol–water partition coefficient (Wildman–Crippen LogP) is 5.67. The van der Waals surface area contributed by atoms with Crippen molar-refractivity contribution in [3.05, 3.63) is 127 Å². The van der Waals surface area contributed by atoms with Crippen LogP contribution in [-0.4, -0.2) is 41.2 Å². The number of hydrogen-bond donors (Lipinski definition) is 0. The summed E-state index contributed by atoms with van der Waals surface area (Å²) in [6, 6.07) is 17.0. The van der Waals surface area contributed by atoms with Gasteiger partial charge in [0.15, 0.2) is 11.6 Å². The first-order valence-electron chi connectivity index (χ1n) is 13.1. The third-order valence-electron chi connectivity index (χ3n) is 6.95. The van der Waals surface area contributed by atoms with Crippen LogP contribution in [0.2, 0.25) is 5.02 Å². The molecule has 43 heavy (non-hydrogen) atoms. The Morgan fingerprint density at radius 2 is 1.58 bits per heavy atom. The van der Waals surface area contributed by atoms with E-state index in [2.05, 4.69) is 0 Å². The second-order valence-electron chi connectivity index (χ2n) is 9.72. The van der Waals surface area contributed by atoms with Gasteiger partial charge in [0.1, 0.15) is 5.75 Å². The molecule has 4 aromatic rings. The lowest BCUT2D eigenvalue weighted by Crippen LogP contribution is -2.32. The number of methoxy groups -OCH3 is 2. The SMILES string of the molecule is COC(=O)c1ccc(CC(=O)C(Cc2ccc([N+](=O)[O-])cc2)n2cc(OC)c(-c3cc(Cl)ccc3C(C)=O)cc2=O)cc1. The summed E-state index contributed by atoms with van der Waals surface area (Å²) in [5, 5.41) is 11.5. The fourth-order valence-electron chi connectivity index (χ4n) is 4.73. The first-order valence-corrected chi connectivity index (χ1v) is 13.4. The first-order chi connectivity index (χ1) is 20.5. The number of aromatic nitrogens is 1. The molecule has 220 valence electrons. The number of nitro groups is 1. The lowest BCUT2D eigenvalue weighted by atomic mass is 9.95. The summed E-state index contributed by atoms with van der Waals surface area (Å²) in [5.41, 5.74) is 1.95. The molecule has 0 N–H and O–H groups in total. The van der Waals surface area contributed by atoms with Crippen molar-refractivity contribution < 1.29 is 28.8 Å². The van der Waals surface area contributed by atoms with Crippen molar-refractivity contribution in [3.63, 3.8) is 0 Å². The molecule has 10 nitrogen and oxygen atoms in total. The molecule has 0 aliphatic rings. The summed E-state index contributed by atoms with van der Waals surface area (Å²) in [4.78, 5) is 62.2. The Morgan fingerprint density at radius 1 is 0.930 bits per heavy atom.